The maximum atomic E-state index is 12.4. The molecular formula is C15H12ClNO6S. The molecular weight excluding hydrogens is 358 g/mol. The van der Waals surface area contributed by atoms with Gasteiger partial charge in [-0.05, 0) is 36.8 Å². The van der Waals surface area contributed by atoms with Crippen LogP contribution in [-0.4, -0.2) is 30.6 Å². The Morgan fingerprint density at radius 1 is 1.04 bits per heavy atom. The summed E-state index contributed by atoms with van der Waals surface area (Å²) in [6, 6.07) is 7.59. The number of anilines is 1. The van der Waals surface area contributed by atoms with Gasteiger partial charge in [-0.25, -0.2) is 18.0 Å². The van der Waals surface area contributed by atoms with Crippen molar-refractivity contribution in [3.05, 3.63) is 58.1 Å². The average Bonchev–Trinajstić information content (AvgIpc) is 2.49. The van der Waals surface area contributed by atoms with E-state index in [-0.39, 0.29) is 15.6 Å². The van der Waals surface area contributed by atoms with E-state index < -0.39 is 33.1 Å². The minimum Gasteiger partial charge on any atom is -0.478 e. The summed E-state index contributed by atoms with van der Waals surface area (Å²) in [6.45, 7) is 1.64. The lowest BCUT2D eigenvalue weighted by molar-refractivity contribution is 0.0651. The van der Waals surface area contributed by atoms with Gasteiger partial charge in [0.1, 0.15) is 4.90 Å². The van der Waals surface area contributed by atoms with Crippen LogP contribution in [0.5, 0.6) is 0 Å². The lowest BCUT2D eigenvalue weighted by atomic mass is 10.1. The summed E-state index contributed by atoms with van der Waals surface area (Å²) < 4.78 is 27.0. The van der Waals surface area contributed by atoms with Gasteiger partial charge in [0, 0.05) is 5.69 Å². The number of hydrogen-bond acceptors (Lipinski definition) is 4. The normalized spacial score (nSPS) is 11.1. The minimum absolute atomic E-state index is 0.0469. The maximum absolute atomic E-state index is 12.4. The summed E-state index contributed by atoms with van der Waals surface area (Å²) in [5.74, 6) is -2.91. The van der Waals surface area contributed by atoms with Crippen molar-refractivity contribution in [2.75, 3.05) is 4.72 Å². The molecule has 2 aromatic rings. The largest absolute Gasteiger partial charge is 0.478 e. The molecule has 0 bridgehead atoms. The molecule has 2 aromatic carbocycles. The third-order valence-corrected chi connectivity index (χ3v) is 5.22. The molecule has 9 heteroatoms. The molecule has 2 rings (SSSR count). The Morgan fingerprint density at radius 3 is 2.25 bits per heavy atom. The lowest BCUT2D eigenvalue weighted by Crippen LogP contribution is -2.15. The zero-order valence-corrected chi connectivity index (χ0v) is 13.9. The van der Waals surface area contributed by atoms with E-state index in [0.29, 0.717) is 5.56 Å². The number of benzene rings is 2. The Balaban J connectivity index is 2.47. The molecule has 0 unspecified atom stereocenters. The first-order valence-electron chi connectivity index (χ1n) is 6.52. The molecule has 0 atom stereocenters. The predicted molar refractivity (Wildman–Crippen MR) is 87.4 cm³/mol. The topological polar surface area (TPSA) is 121 Å². The first-order valence-corrected chi connectivity index (χ1v) is 8.38. The van der Waals surface area contributed by atoms with E-state index >= 15 is 0 Å². The third kappa shape index (κ3) is 3.50. The monoisotopic (exact) mass is 369 g/mol. The molecule has 0 fully saturated rings. The van der Waals surface area contributed by atoms with Crippen LogP contribution in [0.25, 0.3) is 0 Å². The summed E-state index contributed by atoms with van der Waals surface area (Å²) in [5, 5.41) is 18.1. The summed E-state index contributed by atoms with van der Waals surface area (Å²) in [7, 11) is -4.06. The number of hydrogen-bond donors (Lipinski definition) is 3. The molecule has 0 radical (unpaired) electrons. The Kier molecular flexibility index (Phi) is 4.81. The van der Waals surface area contributed by atoms with Gasteiger partial charge in [0.25, 0.3) is 10.0 Å². The molecule has 0 saturated heterocycles. The highest BCUT2D eigenvalue weighted by atomic mass is 35.5. The Labute approximate surface area is 142 Å². The van der Waals surface area contributed by atoms with Crippen molar-refractivity contribution < 1.29 is 28.2 Å². The molecule has 0 heterocycles. The summed E-state index contributed by atoms with van der Waals surface area (Å²) in [4.78, 5) is 22.0. The number of aryl methyl sites for hydroxylation is 1. The SMILES string of the molecule is Cc1cccc(S(=O)(=O)Nc2ccc(C(=O)O)c(C(=O)O)c2)c1Cl. The van der Waals surface area contributed by atoms with Gasteiger partial charge in [-0.1, -0.05) is 23.7 Å². The van der Waals surface area contributed by atoms with Gasteiger partial charge >= 0.3 is 11.9 Å². The number of nitrogens with one attached hydrogen (secondary N) is 1. The number of carbonyl (C=O) groups is 2. The van der Waals surface area contributed by atoms with Crippen LogP contribution < -0.4 is 4.72 Å². The standard InChI is InChI=1S/C15H12ClNO6S/c1-8-3-2-4-12(13(8)16)24(22,23)17-9-5-6-10(14(18)19)11(7-9)15(20)21/h2-7,17H,1H3,(H,18,19)(H,20,21). The van der Waals surface area contributed by atoms with Gasteiger partial charge in [-0.15, -0.1) is 0 Å². The van der Waals surface area contributed by atoms with Gasteiger partial charge < -0.3 is 10.2 Å². The summed E-state index contributed by atoms with van der Waals surface area (Å²) in [5.41, 5.74) is -0.501. The van der Waals surface area contributed by atoms with E-state index in [1.165, 1.54) is 12.1 Å². The molecule has 24 heavy (non-hydrogen) atoms. The highest BCUT2D eigenvalue weighted by Gasteiger charge is 2.21. The van der Waals surface area contributed by atoms with Gasteiger partial charge in [-0.3, -0.25) is 4.72 Å². The zero-order chi connectivity index (χ0) is 18.1. The second-order valence-corrected chi connectivity index (χ2v) is 6.89. The van der Waals surface area contributed by atoms with Crippen LogP contribution in [0.2, 0.25) is 5.02 Å². The zero-order valence-electron chi connectivity index (χ0n) is 12.3. The highest BCUT2D eigenvalue weighted by Crippen LogP contribution is 2.27. The highest BCUT2D eigenvalue weighted by molar-refractivity contribution is 7.92. The summed E-state index contributed by atoms with van der Waals surface area (Å²) in [6.07, 6.45) is 0. The molecule has 0 aliphatic rings. The molecule has 0 amide bonds. The second-order valence-electron chi connectivity index (χ2n) is 4.86. The van der Waals surface area contributed by atoms with Crippen molar-refractivity contribution in [1.29, 1.82) is 0 Å². The van der Waals surface area contributed by atoms with Crippen molar-refractivity contribution in [1.82, 2.24) is 0 Å². The quantitative estimate of drug-likeness (QED) is 0.745. The fourth-order valence-corrected chi connectivity index (χ4v) is 3.64. The Bertz CT molecular complexity index is 939. The van der Waals surface area contributed by atoms with Crippen molar-refractivity contribution in [3.63, 3.8) is 0 Å². The fraction of sp³-hybridized carbons (Fsp3) is 0.0667. The average molecular weight is 370 g/mol. The molecule has 3 N–H and O–H groups in total. The van der Waals surface area contributed by atoms with Crippen molar-refractivity contribution in [2.24, 2.45) is 0 Å². The van der Waals surface area contributed by atoms with Gasteiger partial charge in [0.05, 0.1) is 16.1 Å². The van der Waals surface area contributed by atoms with E-state index in [2.05, 4.69) is 4.72 Å². The van der Waals surface area contributed by atoms with Crippen LogP contribution in [0.4, 0.5) is 5.69 Å². The van der Waals surface area contributed by atoms with E-state index in [9.17, 15) is 18.0 Å². The maximum Gasteiger partial charge on any atom is 0.336 e. The lowest BCUT2D eigenvalue weighted by Gasteiger charge is -2.12. The molecule has 0 spiro atoms. The number of sulfonamides is 1. The summed E-state index contributed by atoms with van der Waals surface area (Å²) >= 11 is 6.00. The number of aromatic carboxylic acids is 2. The second kappa shape index (κ2) is 6.50. The molecule has 126 valence electrons. The number of rotatable bonds is 5. The number of halogens is 1. The smallest absolute Gasteiger partial charge is 0.336 e. The van der Waals surface area contributed by atoms with Crippen LogP contribution in [0, 0.1) is 6.92 Å². The van der Waals surface area contributed by atoms with Crippen LogP contribution in [-0.2, 0) is 10.0 Å². The van der Waals surface area contributed by atoms with E-state index in [1.54, 1.807) is 13.0 Å². The van der Waals surface area contributed by atoms with Crippen LogP contribution in [0.15, 0.2) is 41.3 Å². The van der Waals surface area contributed by atoms with Crippen LogP contribution >= 0.6 is 11.6 Å². The number of carboxylic acids is 2. The van der Waals surface area contributed by atoms with Gasteiger partial charge in [0.2, 0.25) is 0 Å². The third-order valence-electron chi connectivity index (χ3n) is 3.18. The van der Waals surface area contributed by atoms with Gasteiger partial charge in [-0.2, -0.15) is 0 Å². The van der Waals surface area contributed by atoms with Crippen LogP contribution in [0.1, 0.15) is 26.3 Å². The van der Waals surface area contributed by atoms with Crippen molar-refractivity contribution >= 4 is 39.3 Å². The molecule has 0 saturated carbocycles. The predicted octanol–water partition coefficient (Wildman–Crippen LogP) is 2.85. The Hall–Kier alpha value is -2.58. The van der Waals surface area contributed by atoms with E-state index in [0.717, 1.165) is 18.2 Å². The molecule has 7 nitrogen and oxygen atoms in total. The minimum atomic E-state index is -4.06. The fourth-order valence-electron chi connectivity index (χ4n) is 2.01. The molecule has 0 aliphatic carbocycles. The van der Waals surface area contributed by atoms with Crippen molar-refractivity contribution in [3.8, 4) is 0 Å². The van der Waals surface area contributed by atoms with E-state index in [1.807, 2.05) is 0 Å². The van der Waals surface area contributed by atoms with E-state index in [4.69, 9.17) is 21.8 Å². The number of carboxylic acid groups (broad SMARTS) is 2. The van der Waals surface area contributed by atoms with Crippen LogP contribution in [0.3, 0.4) is 0 Å². The first-order chi connectivity index (χ1) is 11.1. The Morgan fingerprint density at radius 2 is 1.67 bits per heavy atom. The molecule has 0 aliphatic heterocycles. The first kappa shape index (κ1) is 17.8. The van der Waals surface area contributed by atoms with Crippen molar-refractivity contribution in [2.45, 2.75) is 11.8 Å². The molecule has 0 aromatic heterocycles. The van der Waals surface area contributed by atoms with Gasteiger partial charge in [0.15, 0.2) is 0 Å².